The smallest absolute Gasteiger partial charge is 0.326 e. The second-order valence-electron chi connectivity index (χ2n) is 12.1. The molecule has 0 bridgehead atoms. The summed E-state index contributed by atoms with van der Waals surface area (Å²) in [6.07, 6.45) is 9.75. The van der Waals surface area contributed by atoms with Crippen molar-refractivity contribution >= 4 is 11.9 Å². The molecule has 0 radical (unpaired) electrons. The number of nitrogens with zero attached hydrogens (tertiary/aromatic N) is 2. The van der Waals surface area contributed by atoms with Gasteiger partial charge in [-0.2, -0.15) is 0 Å². The van der Waals surface area contributed by atoms with E-state index in [4.69, 9.17) is 9.47 Å². The summed E-state index contributed by atoms with van der Waals surface area (Å²) in [5.41, 5.74) is 3.47. The Morgan fingerprint density at radius 1 is 0.778 bits per heavy atom. The average molecular weight is 610 g/mol. The van der Waals surface area contributed by atoms with E-state index in [-0.39, 0.29) is 12.0 Å². The molecule has 0 aliphatic rings. The number of nitrogens with one attached hydrogen (secondary N) is 1. The molecule has 1 atom stereocenters. The van der Waals surface area contributed by atoms with Crippen LogP contribution in [0.1, 0.15) is 75.7 Å². The van der Waals surface area contributed by atoms with E-state index in [0.29, 0.717) is 17.1 Å². The molecule has 1 heterocycles. The zero-order chi connectivity index (χ0) is 32.2. The minimum absolute atomic E-state index is 0.130. The van der Waals surface area contributed by atoms with E-state index in [1.54, 1.807) is 36.7 Å². The molecule has 236 valence electrons. The lowest BCUT2D eigenvalue weighted by Crippen LogP contribution is -2.42. The van der Waals surface area contributed by atoms with Crippen LogP contribution in [0.15, 0.2) is 85.2 Å². The van der Waals surface area contributed by atoms with Crippen LogP contribution in [0.3, 0.4) is 0 Å². The van der Waals surface area contributed by atoms with Gasteiger partial charge in [0.1, 0.15) is 23.1 Å². The first-order valence-electron chi connectivity index (χ1n) is 15.6. The number of hydrogen-bond donors (Lipinski definition) is 2. The number of carbonyl (C=O) groups is 2. The lowest BCUT2D eigenvalue weighted by atomic mass is 10.0. The van der Waals surface area contributed by atoms with E-state index >= 15 is 0 Å². The largest absolute Gasteiger partial charge is 0.494 e. The van der Waals surface area contributed by atoms with Crippen LogP contribution in [0.2, 0.25) is 0 Å². The molecule has 0 saturated heterocycles. The summed E-state index contributed by atoms with van der Waals surface area (Å²) >= 11 is 0. The Bertz CT molecular complexity index is 1510. The molecule has 4 aromatic rings. The Kier molecular flexibility index (Phi) is 11.7. The van der Waals surface area contributed by atoms with Crippen LogP contribution in [0.4, 0.5) is 0 Å². The van der Waals surface area contributed by atoms with E-state index in [2.05, 4.69) is 22.2 Å². The third-order valence-electron chi connectivity index (χ3n) is 7.15. The van der Waals surface area contributed by atoms with Crippen LogP contribution in [0.25, 0.3) is 22.5 Å². The lowest BCUT2D eigenvalue weighted by molar-refractivity contribution is -0.139. The second-order valence-corrected chi connectivity index (χ2v) is 12.1. The number of unbranched alkanes of at least 4 members (excludes halogenated alkanes) is 4. The molecular weight excluding hydrogens is 566 g/mol. The van der Waals surface area contributed by atoms with Crippen molar-refractivity contribution in [2.24, 2.45) is 0 Å². The first-order chi connectivity index (χ1) is 21.6. The number of carboxylic acids is 1. The Balaban J connectivity index is 1.31. The fraction of sp³-hybridized carbons (Fsp3) is 0.351. The molecule has 1 amide bonds. The second kappa shape index (κ2) is 15.8. The Morgan fingerprint density at radius 2 is 1.38 bits per heavy atom. The summed E-state index contributed by atoms with van der Waals surface area (Å²) in [7, 11) is 0. The summed E-state index contributed by atoms with van der Waals surface area (Å²) in [6, 6.07) is 20.9. The van der Waals surface area contributed by atoms with Crippen LogP contribution in [0, 0.1) is 0 Å². The predicted octanol–water partition coefficient (Wildman–Crippen LogP) is 7.76. The number of ether oxygens (including phenoxy) is 2. The molecule has 0 spiro atoms. The highest BCUT2D eigenvalue weighted by Crippen LogP contribution is 2.24. The number of aromatic nitrogens is 2. The van der Waals surface area contributed by atoms with Crippen molar-refractivity contribution < 1.29 is 24.2 Å². The van der Waals surface area contributed by atoms with E-state index in [9.17, 15) is 14.7 Å². The van der Waals surface area contributed by atoms with Crippen LogP contribution >= 0.6 is 0 Å². The first kappa shape index (κ1) is 33.2. The topological polar surface area (TPSA) is 111 Å². The third-order valence-corrected chi connectivity index (χ3v) is 7.15. The van der Waals surface area contributed by atoms with Gasteiger partial charge in [0.15, 0.2) is 5.82 Å². The Hall–Kier alpha value is -4.72. The van der Waals surface area contributed by atoms with Crippen molar-refractivity contribution in [1.82, 2.24) is 15.3 Å². The molecule has 8 heteroatoms. The first-order valence-corrected chi connectivity index (χ1v) is 15.6. The number of rotatable bonds is 15. The summed E-state index contributed by atoms with van der Waals surface area (Å²) < 4.78 is 11.7. The molecule has 1 aromatic heterocycles. The highest BCUT2D eigenvalue weighted by Gasteiger charge is 2.22. The lowest BCUT2D eigenvalue weighted by Gasteiger charge is -2.21. The van der Waals surface area contributed by atoms with Gasteiger partial charge in [0.05, 0.1) is 6.61 Å². The predicted molar refractivity (Wildman–Crippen MR) is 177 cm³/mol. The van der Waals surface area contributed by atoms with Crippen molar-refractivity contribution in [3.63, 3.8) is 0 Å². The highest BCUT2D eigenvalue weighted by molar-refractivity contribution is 5.96. The third kappa shape index (κ3) is 10.4. The van der Waals surface area contributed by atoms with E-state index in [1.807, 2.05) is 69.3 Å². The maximum Gasteiger partial charge on any atom is 0.326 e. The number of carboxylic acid groups (broad SMARTS) is 1. The van der Waals surface area contributed by atoms with Crippen LogP contribution in [-0.2, 0) is 11.2 Å². The van der Waals surface area contributed by atoms with E-state index in [0.717, 1.165) is 41.0 Å². The molecule has 45 heavy (non-hydrogen) atoms. The zero-order valence-corrected chi connectivity index (χ0v) is 26.6. The van der Waals surface area contributed by atoms with Gasteiger partial charge in [-0.3, -0.25) is 4.79 Å². The molecule has 0 saturated carbocycles. The zero-order valence-electron chi connectivity index (χ0n) is 26.6. The number of benzene rings is 3. The summed E-state index contributed by atoms with van der Waals surface area (Å²) in [5.74, 6) is 0.485. The normalized spacial score (nSPS) is 11.9. The van der Waals surface area contributed by atoms with Crippen molar-refractivity contribution in [3.05, 3.63) is 96.3 Å². The van der Waals surface area contributed by atoms with Crippen LogP contribution in [0.5, 0.6) is 11.5 Å². The van der Waals surface area contributed by atoms with Gasteiger partial charge in [-0.15, -0.1) is 0 Å². The molecule has 2 N–H and O–H groups in total. The molecular formula is C37H43N3O5. The minimum Gasteiger partial charge on any atom is -0.494 e. The molecule has 8 nitrogen and oxygen atoms in total. The minimum atomic E-state index is -1.11. The van der Waals surface area contributed by atoms with Gasteiger partial charge in [0.2, 0.25) is 0 Å². The fourth-order valence-electron chi connectivity index (χ4n) is 4.76. The van der Waals surface area contributed by atoms with Crippen molar-refractivity contribution in [1.29, 1.82) is 0 Å². The fourth-order valence-corrected chi connectivity index (χ4v) is 4.76. The monoisotopic (exact) mass is 609 g/mol. The van der Waals surface area contributed by atoms with Gasteiger partial charge in [0, 0.05) is 35.5 Å². The number of aliphatic carboxylic acids is 1. The van der Waals surface area contributed by atoms with Gasteiger partial charge in [0.25, 0.3) is 5.91 Å². The van der Waals surface area contributed by atoms with Crippen molar-refractivity contribution in [3.8, 4) is 34.0 Å². The molecule has 0 aliphatic carbocycles. The van der Waals surface area contributed by atoms with Gasteiger partial charge in [-0.25, -0.2) is 14.8 Å². The van der Waals surface area contributed by atoms with Crippen LogP contribution in [-0.4, -0.2) is 45.2 Å². The van der Waals surface area contributed by atoms with Crippen LogP contribution < -0.4 is 14.8 Å². The summed E-state index contributed by atoms with van der Waals surface area (Å²) in [4.78, 5) is 33.8. The maximum atomic E-state index is 12.8. The van der Waals surface area contributed by atoms with Crippen molar-refractivity contribution in [2.75, 3.05) is 6.61 Å². The van der Waals surface area contributed by atoms with Crippen molar-refractivity contribution in [2.45, 2.75) is 77.9 Å². The quantitative estimate of drug-likeness (QED) is 0.133. The number of hydrogen-bond acceptors (Lipinski definition) is 6. The van der Waals surface area contributed by atoms with E-state index < -0.39 is 17.9 Å². The molecule has 1 unspecified atom stereocenters. The summed E-state index contributed by atoms with van der Waals surface area (Å²) in [6.45, 7) is 8.76. The summed E-state index contributed by atoms with van der Waals surface area (Å²) in [5, 5.41) is 12.4. The molecule has 3 aromatic carbocycles. The SMILES string of the molecule is CCCCCCCOc1ccc(-c2cnc(-c3ccc(CC(NC(=O)c4ccc(OC(C)(C)C)cc4)C(=O)O)cc3)nc2)cc1. The average Bonchev–Trinajstić information content (AvgIpc) is 3.02. The van der Waals surface area contributed by atoms with Gasteiger partial charge in [-0.1, -0.05) is 69.0 Å². The number of carbonyl (C=O) groups excluding carboxylic acids is 1. The number of amides is 1. The van der Waals surface area contributed by atoms with E-state index in [1.165, 1.54) is 25.7 Å². The standard InChI is InChI=1S/C37H43N3O5/c1-5-6-7-8-9-22-44-31-18-14-27(15-19-31)30-24-38-34(39-25-30)28-12-10-26(11-13-28)23-33(36(42)43)40-35(41)29-16-20-32(21-17-29)45-37(2,3)4/h10-21,24-25,33H,5-9,22-23H2,1-4H3,(H,40,41)(H,42,43). The molecule has 0 fully saturated rings. The molecule has 0 aliphatic heterocycles. The molecule has 4 rings (SSSR count). The van der Waals surface area contributed by atoms with Gasteiger partial charge in [-0.05, 0) is 74.7 Å². The maximum absolute atomic E-state index is 12.8. The highest BCUT2D eigenvalue weighted by atomic mass is 16.5. The Labute approximate surface area is 265 Å². The van der Waals surface area contributed by atoms with Gasteiger partial charge >= 0.3 is 5.97 Å². The Morgan fingerprint density at radius 3 is 1.98 bits per heavy atom. The van der Waals surface area contributed by atoms with Gasteiger partial charge < -0.3 is 19.9 Å².